The lowest BCUT2D eigenvalue weighted by Gasteiger charge is -2.45. The highest BCUT2D eigenvalue weighted by molar-refractivity contribution is 5.87. The first-order valence-corrected chi connectivity index (χ1v) is 7.32. The Bertz CT molecular complexity index is 496. The van der Waals surface area contributed by atoms with Crippen molar-refractivity contribution in [2.24, 2.45) is 5.73 Å². The fourth-order valence-electron chi connectivity index (χ4n) is 3.54. The number of rotatable bonds is 4. The number of epoxide rings is 2. The maximum Gasteiger partial charge on any atom is 0.179 e. The van der Waals surface area contributed by atoms with Crippen molar-refractivity contribution in [3.05, 3.63) is 11.6 Å². The molecule has 1 unspecified atom stereocenters. The van der Waals surface area contributed by atoms with Gasteiger partial charge in [0.15, 0.2) is 23.2 Å². The van der Waals surface area contributed by atoms with Gasteiger partial charge in [-0.15, -0.1) is 0 Å². The van der Waals surface area contributed by atoms with Gasteiger partial charge in [-0.2, -0.15) is 0 Å². The standard InChI is InChI=1S/C15H23NO5/c1-9(2)4-5-11-15(16,21-11)14(18)12(19-3)10(17)6-7-13(14)8-20-13/h4,11-12,18H,5-8,16H2,1-3H3/t11-,12-,13+,14?,15+/m1/s1. The van der Waals surface area contributed by atoms with E-state index in [-0.39, 0.29) is 11.9 Å². The highest BCUT2D eigenvalue weighted by Gasteiger charge is 2.82. The van der Waals surface area contributed by atoms with Gasteiger partial charge >= 0.3 is 0 Å². The second kappa shape index (κ2) is 4.60. The number of nitrogens with two attached hydrogens (primary N) is 1. The van der Waals surface area contributed by atoms with E-state index in [2.05, 4.69) is 0 Å². The van der Waals surface area contributed by atoms with Crippen LogP contribution in [0.3, 0.4) is 0 Å². The SMILES string of the molecule is CO[C@@H]1C(=O)CC[C@]2(CO2)C1(O)[C@@]1(N)O[C@@H]1CC=C(C)C. The number of carbonyl (C=O) groups excluding carboxylic acids is 1. The van der Waals surface area contributed by atoms with E-state index >= 15 is 0 Å². The number of hydrogen-bond donors (Lipinski definition) is 2. The minimum absolute atomic E-state index is 0.151. The number of ketones is 1. The Morgan fingerprint density at radius 2 is 2.24 bits per heavy atom. The van der Waals surface area contributed by atoms with E-state index < -0.39 is 23.0 Å². The fourth-order valence-corrected chi connectivity index (χ4v) is 3.54. The molecule has 21 heavy (non-hydrogen) atoms. The van der Waals surface area contributed by atoms with Crippen LogP contribution in [0.1, 0.15) is 33.1 Å². The smallest absolute Gasteiger partial charge is 0.179 e. The molecule has 0 radical (unpaired) electrons. The van der Waals surface area contributed by atoms with Crippen LogP contribution in [-0.2, 0) is 19.0 Å². The molecule has 3 N–H and O–H groups in total. The lowest BCUT2D eigenvalue weighted by atomic mass is 9.67. The molecule has 3 rings (SSSR count). The molecule has 0 aromatic heterocycles. The Morgan fingerprint density at radius 1 is 1.57 bits per heavy atom. The maximum absolute atomic E-state index is 12.1. The molecule has 0 aromatic carbocycles. The summed E-state index contributed by atoms with van der Waals surface area (Å²) in [6.45, 7) is 4.36. The highest BCUT2D eigenvalue weighted by atomic mass is 16.7. The van der Waals surface area contributed by atoms with Gasteiger partial charge in [0.1, 0.15) is 11.7 Å². The van der Waals surface area contributed by atoms with E-state index in [1.165, 1.54) is 7.11 Å². The summed E-state index contributed by atoms with van der Waals surface area (Å²) in [7, 11) is 1.41. The van der Waals surface area contributed by atoms with Gasteiger partial charge in [0.25, 0.3) is 0 Å². The van der Waals surface area contributed by atoms with E-state index in [0.717, 1.165) is 5.57 Å². The van der Waals surface area contributed by atoms with E-state index in [4.69, 9.17) is 19.9 Å². The Morgan fingerprint density at radius 3 is 2.76 bits per heavy atom. The van der Waals surface area contributed by atoms with Crippen molar-refractivity contribution in [2.75, 3.05) is 13.7 Å². The second-order valence-electron chi connectivity index (χ2n) is 6.55. The van der Waals surface area contributed by atoms with E-state index in [1.807, 2.05) is 19.9 Å². The Balaban J connectivity index is 1.90. The largest absolute Gasteiger partial charge is 0.379 e. The lowest BCUT2D eigenvalue weighted by Crippen LogP contribution is -2.72. The predicted octanol–water partition coefficient (Wildman–Crippen LogP) is 0.274. The Hall–Kier alpha value is -0.790. The number of allylic oxidation sites excluding steroid dienone is 1. The van der Waals surface area contributed by atoms with Crippen molar-refractivity contribution in [1.82, 2.24) is 0 Å². The van der Waals surface area contributed by atoms with Crippen molar-refractivity contribution < 1.29 is 24.1 Å². The van der Waals surface area contributed by atoms with Crippen molar-refractivity contribution in [3.8, 4) is 0 Å². The molecular weight excluding hydrogens is 274 g/mol. The molecule has 3 aliphatic rings. The summed E-state index contributed by atoms with van der Waals surface area (Å²) in [5.74, 6) is -0.151. The summed E-state index contributed by atoms with van der Waals surface area (Å²) < 4.78 is 16.4. The molecule has 0 aromatic rings. The third kappa shape index (κ3) is 1.94. The number of hydrogen-bond acceptors (Lipinski definition) is 6. The van der Waals surface area contributed by atoms with Gasteiger partial charge in [-0.1, -0.05) is 11.6 Å². The molecular formula is C15H23NO5. The van der Waals surface area contributed by atoms with Gasteiger partial charge in [0, 0.05) is 13.5 Å². The normalized spacial score (nSPS) is 48.3. The van der Waals surface area contributed by atoms with Gasteiger partial charge < -0.3 is 19.3 Å². The average Bonchev–Trinajstić information content (AvgIpc) is 3.31. The molecule has 2 saturated heterocycles. The molecule has 118 valence electrons. The van der Waals surface area contributed by atoms with Crippen molar-refractivity contribution in [2.45, 2.75) is 62.2 Å². The fraction of sp³-hybridized carbons (Fsp3) is 0.800. The molecule has 5 atom stereocenters. The highest BCUT2D eigenvalue weighted by Crippen LogP contribution is 2.59. The Labute approximate surface area is 124 Å². The first-order valence-electron chi connectivity index (χ1n) is 7.32. The molecule has 0 amide bonds. The number of aliphatic hydroxyl groups is 1. The van der Waals surface area contributed by atoms with Crippen LogP contribution in [0, 0.1) is 0 Å². The number of carbonyl (C=O) groups is 1. The number of methoxy groups -OCH3 is 1. The predicted molar refractivity (Wildman–Crippen MR) is 74.5 cm³/mol. The topological polar surface area (TPSA) is 97.6 Å². The van der Waals surface area contributed by atoms with Crippen LogP contribution >= 0.6 is 0 Å². The summed E-state index contributed by atoms with van der Waals surface area (Å²) in [6.07, 6.45) is 2.06. The number of Topliss-reactive ketones (excluding diaryl/α,β-unsaturated/α-hetero) is 1. The van der Waals surface area contributed by atoms with Crippen LogP contribution in [0.4, 0.5) is 0 Å². The van der Waals surface area contributed by atoms with Crippen molar-refractivity contribution >= 4 is 5.78 Å². The molecule has 1 aliphatic carbocycles. The first kappa shape index (κ1) is 15.1. The summed E-state index contributed by atoms with van der Waals surface area (Å²) in [6, 6.07) is 0. The van der Waals surface area contributed by atoms with E-state index in [0.29, 0.717) is 25.9 Å². The van der Waals surface area contributed by atoms with Crippen molar-refractivity contribution in [1.29, 1.82) is 0 Å². The molecule has 2 heterocycles. The minimum atomic E-state index is -1.63. The van der Waals surface area contributed by atoms with Crippen LogP contribution in [-0.4, -0.2) is 53.7 Å². The summed E-state index contributed by atoms with van der Waals surface area (Å²) in [5.41, 5.74) is 3.73. The zero-order valence-electron chi connectivity index (χ0n) is 12.7. The second-order valence-corrected chi connectivity index (χ2v) is 6.55. The molecule has 1 saturated carbocycles. The quantitative estimate of drug-likeness (QED) is 0.571. The van der Waals surface area contributed by atoms with Gasteiger partial charge in [0.2, 0.25) is 0 Å². The van der Waals surface area contributed by atoms with Crippen LogP contribution in [0.2, 0.25) is 0 Å². The van der Waals surface area contributed by atoms with E-state index in [1.54, 1.807) is 0 Å². The summed E-state index contributed by atoms with van der Waals surface area (Å²) in [5, 5.41) is 11.3. The molecule has 1 spiro atoms. The maximum atomic E-state index is 12.1. The minimum Gasteiger partial charge on any atom is -0.379 e. The van der Waals surface area contributed by atoms with Crippen LogP contribution in [0.5, 0.6) is 0 Å². The summed E-state index contributed by atoms with van der Waals surface area (Å²) >= 11 is 0. The van der Waals surface area contributed by atoms with Gasteiger partial charge in [-0.25, -0.2) is 0 Å². The summed E-state index contributed by atoms with van der Waals surface area (Å²) in [4.78, 5) is 12.1. The van der Waals surface area contributed by atoms with Gasteiger partial charge in [-0.05, 0) is 26.7 Å². The molecule has 6 heteroatoms. The van der Waals surface area contributed by atoms with Crippen LogP contribution < -0.4 is 5.73 Å². The van der Waals surface area contributed by atoms with Gasteiger partial charge in [-0.3, -0.25) is 10.5 Å². The Kier molecular flexibility index (Phi) is 3.31. The zero-order valence-corrected chi connectivity index (χ0v) is 12.7. The molecule has 0 bridgehead atoms. The van der Waals surface area contributed by atoms with Crippen LogP contribution in [0.25, 0.3) is 0 Å². The van der Waals surface area contributed by atoms with Gasteiger partial charge in [0.05, 0.1) is 6.61 Å². The lowest BCUT2D eigenvalue weighted by molar-refractivity contribution is -0.195. The third-order valence-electron chi connectivity index (χ3n) is 4.96. The van der Waals surface area contributed by atoms with Crippen molar-refractivity contribution in [3.63, 3.8) is 0 Å². The monoisotopic (exact) mass is 297 g/mol. The third-order valence-corrected chi connectivity index (χ3v) is 4.96. The molecule has 3 fully saturated rings. The number of ether oxygens (including phenoxy) is 3. The molecule has 2 aliphatic heterocycles. The average molecular weight is 297 g/mol. The van der Waals surface area contributed by atoms with E-state index in [9.17, 15) is 9.90 Å². The van der Waals surface area contributed by atoms with Crippen LogP contribution in [0.15, 0.2) is 11.6 Å². The molecule has 6 nitrogen and oxygen atoms in total. The first-order chi connectivity index (χ1) is 9.81. The zero-order chi connectivity index (χ0) is 15.5.